The van der Waals surface area contributed by atoms with Crippen LogP contribution in [0.1, 0.15) is 24.1 Å². The molecule has 1 heterocycles. The lowest BCUT2D eigenvalue weighted by Gasteiger charge is -2.18. The number of likely N-dealkylation sites (N-methyl/N-ethyl adjacent to an activating group) is 1. The quantitative estimate of drug-likeness (QED) is 0.917. The second-order valence-corrected chi connectivity index (χ2v) is 5.08. The number of rotatable bonds is 5. The Hall–Kier alpha value is -1.33. The Labute approximate surface area is 120 Å². The van der Waals surface area contributed by atoms with Gasteiger partial charge in [0, 0.05) is 16.7 Å². The Bertz CT molecular complexity index is 533. The topological polar surface area (TPSA) is 37.8 Å². The van der Waals surface area contributed by atoms with Crippen LogP contribution in [0.2, 0.25) is 0 Å². The lowest BCUT2D eigenvalue weighted by Crippen LogP contribution is -2.23. The van der Waals surface area contributed by atoms with E-state index in [1.165, 1.54) is 6.07 Å². The van der Waals surface area contributed by atoms with Crippen LogP contribution in [-0.2, 0) is 6.42 Å². The first-order valence-electron chi connectivity index (χ1n) is 6.14. The fourth-order valence-corrected chi connectivity index (χ4v) is 2.39. The molecule has 19 heavy (non-hydrogen) atoms. The number of nitrogens with one attached hydrogen (secondary N) is 1. The molecule has 2 rings (SSSR count). The van der Waals surface area contributed by atoms with Gasteiger partial charge >= 0.3 is 0 Å². The SMILES string of the molecule is CCNC(Cc1cc(F)ccc1Br)c1ccnnc1. The normalized spacial score (nSPS) is 12.4. The Morgan fingerprint density at radius 2 is 2.16 bits per heavy atom. The summed E-state index contributed by atoms with van der Waals surface area (Å²) in [5.74, 6) is -0.221. The van der Waals surface area contributed by atoms with E-state index >= 15 is 0 Å². The van der Waals surface area contributed by atoms with Crippen LogP contribution in [-0.4, -0.2) is 16.7 Å². The zero-order valence-electron chi connectivity index (χ0n) is 10.6. The van der Waals surface area contributed by atoms with Crippen LogP contribution in [0, 0.1) is 5.82 Å². The maximum atomic E-state index is 13.3. The minimum absolute atomic E-state index is 0.0959. The summed E-state index contributed by atoms with van der Waals surface area (Å²) < 4.78 is 14.2. The zero-order valence-corrected chi connectivity index (χ0v) is 12.2. The molecule has 1 aromatic heterocycles. The maximum absolute atomic E-state index is 13.3. The summed E-state index contributed by atoms with van der Waals surface area (Å²) in [5, 5.41) is 11.1. The first-order chi connectivity index (χ1) is 9.20. The molecule has 3 nitrogen and oxygen atoms in total. The second-order valence-electron chi connectivity index (χ2n) is 4.23. The minimum Gasteiger partial charge on any atom is -0.310 e. The number of benzene rings is 1. The van der Waals surface area contributed by atoms with Gasteiger partial charge in [-0.2, -0.15) is 10.2 Å². The smallest absolute Gasteiger partial charge is 0.123 e. The van der Waals surface area contributed by atoms with E-state index in [0.717, 1.165) is 22.1 Å². The van der Waals surface area contributed by atoms with Gasteiger partial charge in [-0.3, -0.25) is 0 Å². The summed E-state index contributed by atoms with van der Waals surface area (Å²) in [7, 11) is 0. The van der Waals surface area contributed by atoms with Crippen LogP contribution in [0.3, 0.4) is 0 Å². The summed E-state index contributed by atoms with van der Waals surface area (Å²) in [5.41, 5.74) is 1.98. The van der Waals surface area contributed by atoms with Crippen LogP contribution in [0.25, 0.3) is 0 Å². The van der Waals surface area contributed by atoms with Gasteiger partial charge in [0.05, 0.1) is 6.20 Å². The molecule has 0 amide bonds. The molecule has 1 unspecified atom stereocenters. The van der Waals surface area contributed by atoms with Crippen LogP contribution in [0.5, 0.6) is 0 Å². The largest absolute Gasteiger partial charge is 0.310 e. The minimum atomic E-state index is -0.221. The van der Waals surface area contributed by atoms with Crippen LogP contribution in [0.4, 0.5) is 4.39 Å². The summed E-state index contributed by atoms with van der Waals surface area (Å²) in [6.45, 7) is 2.88. The first-order valence-corrected chi connectivity index (χ1v) is 6.94. The Kier molecular flexibility index (Phi) is 4.99. The van der Waals surface area contributed by atoms with Gasteiger partial charge in [-0.05, 0) is 48.4 Å². The van der Waals surface area contributed by atoms with Gasteiger partial charge in [-0.25, -0.2) is 4.39 Å². The van der Waals surface area contributed by atoms with Crippen LogP contribution < -0.4 is 5.32 Å². The standard InChI is InChI=1S/C14H15BrFN3/c1-2-17-14(10-5-6-18-19-9-10)8-11-7-12(16)3-4-13(11)15/h3-7,9,14,17H,2,8H2,1H3. The molecule has 0 aliphatic carbocycles. The number of hydrogen-bond donors (Lipinski definition) is 1. The summed E-state index contributed by atoms with van der Waals surface area (Å²) >= 11 is 3.46. The lowest BCUT2D eigenvalue weighted by atomic mass is 10.0. The van der Waals surface area contributed by atoms with Crippen molar-refractivity contribution in [1.29, 1.82) is 0 Å². The third-order valence-electron chi connectivity index (χ3n) is 2.89. The van der Waals surface area contributed by atoms with Gasteiger partial charge in [0.1, 0.15) is 5.82 Å². The highest BCUT2D eigenvalue weighted by atomic mass is 79.9. The van der Waals surface area contributed by atoms with E-state index < -0.39 is 0 Å². The van der Waals surface area contributed by atoms with E-state index in [4.69, 9.17) is 0 Å². The van der Waals surface area contributed by atoms with E-state index in [-0.39, 0.29) is 11.9 Å². The molecule has 0 radical (unpaired) electrons. The highest BCUT2D eigenvalue weighted by Crippen LogP contribution is 2.24. The van der Waals surface area contributed by atoms with E-state index in [0.29, 0.717) is 6.42 Å². The van der Waals surface area contributed by atoms with Gasteiger partial charge in [0.15, 0.2) is 0 Å². The molecule has 1 atom stereocenters. The molecule has 0 saturated carbocycles. The molecule has 0 aliphatic heterocycles. The molecule has 2 aromatic rings. The fraction of sp³-hybridized carbons (Fsp3) is 0.286. The van der Waals surface area contributed by atoms with Crippen molar-refractivity contribution in [3.8, 4) is 0 Å². The van der Waals surface area contributed by atoms with Crippen molar-refractivity contribution < 1.29 is 4.39 Å². The number of hydrogen-bond acceptors (Lipinski definition) is 3. The lowest BCUT2D eigenvalue weighted by molar-refractivity contribution is 0.543. The molecular weight excluding hydrogens is 309 g/mol. The Morgan fingerprint density at radius 1 is 1.32 bits per heavy atom. The van der Waals surface area contributed by atoms with Gasteiger partial charge in [-0.1, -0.05) is 22.9 Å². The average molecular weight is 324 g/mol. The van der Waals surface area contributed by atoms with E-state index in [2.05, 4.69) is 31.4 Å². The van der Waals surface area contributed by atoms with Crippen molar-refractivity contribution in [1.82, 2.24) is 15.5 Å². The molecule has 0 bridgehead atoms. The maximum Gasteiger partial charge on any atom is 0.123 e. The molecule has 1 aromatic carbocycles. The van der Waals surface area contributed by atoms with Crippen LogP contribution in [0.15, 0.2) is 41.1 Å². The molecule has 100 valence electrons. The number of aromatic nitrogens is 2. The highest BCUT2D eigenvalue weighted by Gasteiger charge is 2.13. The van der Waals surface area contributed by atoms with Gasteiger partial charge in [-0.15, -0.1) is 0 Å². The van der Waals surface area contributed by atoms with Gasteiger partial charge < -0.3 is 5.32 Å². The van der Waals surface area contributed by atoms with E-state index in [9.17, 15) is 4.39 Å². The highest BCUT2D eigenvalue weighted by molar-refractivity contribution is 9.10. The monoisotopic (exact) mass is 323 g/mol. The number of nitrogens with zero attached hydrogens (tertiary/aromatic N) is 2. The van der Waals surface area contributed by atoms with E-state index in [1.807, 2.05) is 13.0 Å². The number of halogens is 2. The van der Waals surface area contributed by atoms with Crippen molar-refractivity contribution in [2.24, 2.45) is 0 Å². The van der Waals surface area contributed by atoms with Crippen molar-refractivity contribution in [2.75, 3.05) is 6.54 Å². The van der Waals surface area contributed by atoms with Crippen molar-refractivity contribution in [3.05, 3.63) is 58.1 Å². The fourth-order valence-electron chi connectivity index (χ4n) is 1.98. The Balaban J connectivity index is 2.24. The first kappa shape index (κ1) is 14.1. The van der Waals surface area contributed by atoms with Crippen molar-refractivity contribution in [2.45, 2.75) is 19.4 Å². The molecular formula is C14H15BrFN3. The zero-order chi connectivity index (χ0) is 13.7. The van der Waals surface area contributed by atoms with Gasteiger partial charge in [0.2, 0.25) is 0 Å². The molecule has 0 aliphatic rings. The average Bonchev–Trinajstić information content (AvgIpc) is 2.43. The Morgan fingerprint density at radius 3 is 2.84 bits per heavy atom. The van der Waals surface area contributed by atoms with Crippen LogP contribution >= 0.6 is 15.9 Å². The second kappa shape index (κ2) is 6.73. The molecule has 0 saturated heterocycles. The molecule has 0 fully saturated rings. The van der Waals surface area contributed by atoms with Gasteiger partial charge in [0.25, 0.3) is 0 Å². The summed E-state index contributed by atoms with van der Waals surface area (Å²) in [6.07, 6.45) is 4.10. The van der Waals surface area contributed by atoms with Crippen molar-refractivity contribution >= 4 is 15.9 Å². The third kappa shape index (κ3) is 3.81. The molecule has 5 heteroatoms. The van der Waals surface area contributed by atoms with Crippen molar-refractivity contribution in [3.63, 3.8) is 0 Å². The third-order valence-corrected chi connectivity index (χ3v) is 3.67. The molecule has 0 spiro atoms. The van der Waals surface area contributed by atoms with E-state index in [1.54, 1.807) is 24.5 Å². The molecule has 1 N–H and O–H groups in total. The predicted molar refractivity (Wildman–Crippen MR) is 76.3 cm³/mol. The summed E-state index contributed by atoms with van der Waals surface area (Å²) in [4.78, 5) is 0. The summed E-state index contributed by atoms with van der Waals surface area (Å²) in [6, 6.07) is 6.76. The predicted octanol–water partition coefficient (Wildman–Crippen LogP) is 3.27.